The number of urea groups is 1. The summed E-state index contributed by atoms with van der Waals surface area (Å²) in [5, 5.41) is 3.70. The van der Waals surface area contributed by atoms with Crippen molar-refractivity contribution in [1.82, 2.24) is 20.0 Å². The molecule has 0 aliphatic carbocycles. The second-order valence-electron chi connectivity index (χ2n) is 8.94. The number of piperazine rings is 1. The Hall–Kier alpha value is -3.43. The molecule has 2 aromatic carbocycles. The van der Waals surface area contributed by atoms with Gasteiger partial charge in [-0.15, -0.1) is 0 Å². The van der Waals surface area contributed by atoms with Gasteiger partial charge in [0.1, 0.15) is 11.3 Å². The standard InChI is InChI=1S/C25H27FN4O4/c1-25(22-14-18-5-3-4-6-20(18)34-22)23(31)30(24(32)27-25)16-29-11-9-28(10-12-29)15-17-7-8-21(33-2)19(26)13-17/h3-8,13-14H,9-12,15-16H2,1-2H3,(H,27,32)/t25-/m1/s1. The molecule has 1 N–H and O–H groups in total. The number of nitrogens with zero attached hydrogens (tertiary/aromatic N) is 3. The predicted octanol–water partition coefficient (Wildman–Crippen LogP) is 3.12. The molecule has 2 fully saturated rings. The smallest absolute Gasteiger partial charge is 0.326 e. The summed E-state index contributed by atoms with van der Waals surface area (Å²) in [7, 11) is 1.45. The Morgan fingerprint density at radius 3 is 2.50 bits per heavy atom. The van der Waals surface area contributed by atoms with E-state index in [-0.39, 0.29) is 24.1 Å². The molecule has 0 spiro atoms. The van der Waals surface area contributed by atoms with Crippen LogP contribution in [-0.4, -0.2) is 66.6 Å². The topological polar surface area (TPSA) is 78.3 Å². The van der Waals surface area contributed by atoms with Crippen LogP contribution < -0.4 is 10.1 Å². The number of halogens is 1. The Bertz CT molecular complexity index is 1200. The van der Waals surface area contributed by atoms with Crippen LogP contribution in [0.3, 0.4) is 0 Å². The van der Waals surface area contributed by atoms with Gasteiger partial charge in [0, 0.05) is 38.1 Å². The maximum atomic E-state index is 14.0. The number of benzene rings is 2. The van der Waals surface area contributed by atoms with Gasteiger partial charge in [0.25, 0.3) is 5.91 Å². The highest BCUT2D eigenvalue weighted by Gasteiger charge is 2.51. The first-order valence-electron chi connectivity index (χ1n) is 11.3. The van der Waals surface area contributed by atoms with Gasteiger partial charge in [0.15, 0.2) is 17.1 Å². The highest BCUT2D eigenvalue weighted by molar-refractivity contribution is 6.07. The Kier molecular flexibility index (Phi) is 5.75. The van der Waals surface area contributed by atoms with E-state index in [1.807, 2.05) is 30.3 Å². The van der Waals surface area contributed by atoms with Gasteiger partial charge in [-0.1, -0.05) is 24.3 Å². The zero-order valence-corrected chi connectivity index (χ0v) is 19.2. The van der Waals surface area contributed by atoms with Crippen LogP contribution in [0.2, 0.25) is 0 Å². The van der Waals surface area contributed by atoms with Crippen LogP contribution in [-0.2, 0) is 16.9 Å². The van der Waals surface area contributed by atoms with E-state index in [0.717, 1.165) is 24.0 Å². The number of carbonyl (C=O) groups is 2. The number of furan rings is 1. The third kappa shape index (κ3) is 4.01. The van der Waals surface area contributed by atoms with Crippen molar-refractivity contribution >= 4 is 22.9 Å². The fraction of sp³-hybridized carbons (Fsp3) is 0.360. The Morgan fingerprint density at radius 2 is 1.79 bits per heavy atom. The van der Waals surface area contributed by atoms with E-state index < -0.39 is 11.6 Å². The van der Waals surface area contributed by atoms with Crippen molar-refractivity contribution in [2.75, 3.05) is 40.0 Å². The molecule has 9 heteroatoms. The van der Waals surface area contributed by atoms with E-state index in [2.05, 4.69) is 15.1 Å². The normalized spacial score (nSPS) is 21.9. The maximum absolute atomic E-state index is 14.0. The lowest BCUT2D eigenvalue weighted by atomic mass is 9.99. The van der Waals surface area contributed by atoms with Crippen LogP contribution in [0, 0.1) is 5.82 Å². The van der Waals surface area contributed by atoms with Crippen molar-refractivity contribution in [3.05, 3.63) is 65.7 Å². The van der Waals surface area contributed by atoms with E-state index >= 15 is 0 Å². The molecular formula is C25H27FN4O4. The van der Waals surface area contributed by atoms with Crippen molar-refractivity contribution in [3.8, 4) is 5.75 Å². The van der Waals surface area contributed by atoms with Crippen molar-refractivity contribution < 1.29 is 23.1 Å². The van der Waals surface area contributed by atoms with Crippen LogP contribution in [0.5, 0.6) is 5.75 Å². The molecule has 8 nitrogen and oxygen atoms in total. The Morgan fingerprint density at radius 1 is 1.06 bits per heavy atom. The van der Waals surface area contributed by atoms with Crippen LogP contribution in [0.4, 0.5) is 9.18 Å². The van der Waals surface area contributed by atoms with E-state index in [1.165, 1.54) is 18.1 Å². The highest BCUT2D eigenvalue weighted by Crippen LogP contribution is 2.33. The quantitative estimate of drug-likeness (QED) is 0.563. The molecule has 0 unspecified atom stereocenters. The summed E-state index contributed by atoms with van der Waals surface area (Å²) < 4.78 is 24.8. The average molecular weight is 467 g/mol. The van der Waals surface area contributed by atoms with E-state index in [1.54, 1.807) is 19.1 Å². The van der Waals surface area contributed by atoms with Gasteiger partial charge in [-0.2, -0.15) is 0 Å². The summed E-state index contributed by atoms with van der Waals surface area (Å²) in [5.74, 6) is -0.0414. The number of hydrogen-bond acceptors (Lipinski definition) is 6. The minimum atomic E-state index is -1.24. The van der Waals surface area contributed by atoms with Crippen LogP contribution in [0.25, 0.3) is 11.0 Å². The lowest BCUT2D eigenvalue weighted by Gasteiger charge is -2.36. The zero-order chi connectivity index (χ0) is 23.9. The van der Waals surface area contributed by atoms with E-state index in [0.29, 0.717) is 31.0 Å². The van der Waals surface area contributed by atoms with Gasteiger partial charge >= 0.3 is 6.03 Å². The summed E-state index contributed by atoms with van der Waals surface area (Å²) in [6.45, 7) is 5.40. The third-order valence-electron chi connectivity index (χ3n) is 6.62. The Balaban J connectivity index is 1.20. The highest BCUT2D eigenvalue weighted by atomic mass is 19.1. The van der Waals surface area contributed by atoms with E-state index in [4.69, 9.17) is 9.15 Å². The molecule has 3 heterocycles. The molecule has 34 heavy (non-hydrogen) atoms. The van der Waals surface area contributed by atoms with Gasteiger partial charge in [0.05, 0.1) is 13.8 Å². The minimum absolute atomic E-state index is 0.214. The molecule has 178 valence electrons. The summed E-state index contributed by atoms with van der Waals surface area (Å²) in [6.07, 6.45) is 0. The number of ether oxygens (including phenoxy) is 1. The number of imide groups is 1. The van der Waals surface area contributed by atoms with Gasteiger partial charge in [-0.05, 0) is 36.8 Å². The molecule has 0 radical (unpaired) electrons. The molecule has 1 atom stereocenters. The first kappa shape index (κ1) is 22.4. The Labute approximate surface area is 196 Å². The summed E-state index contributed by atoms with van der Waals surface area (Å²) >= 11 is 0. The summed E-state index contributed by atoms with van der Waals surface area (Å²) in [6, 6.07) is 13.9. The van der Waals surface area contributed by atoms with E-state index in [9.17, 15) is 14.0 Å². The van der Waals surface area contributed by atoms with Crippen molar-refractivity contribution in [3.63, 3.8) is 0 Å². The number of rotatable bonds is 6. The first-order valence-corrected chi connectivity index (χ1v) is 11.3. The number of methoxy groups -OCH3 is 1. The van der Waals surface area contributed by atoms with Gasteiger partial charge in [0.2, 0.25) is 0 Å². The molecule has 2 aliphatic heterocycles. The largest absolute Gasteiger partial charge is 0.494 e. The van der Waals surface area contributed by atoms with Gasteiger partial charge in [-0.25, -0.2) is 14.1 Å². The molecule has 0 saturated carbocycles. The minimum Gasteiger partial charge on any atom is -0.494 e. The zero-order valence-electron chi connectivity index (χ0n) is 19.2. The number of hydrogen-bond donors (Lipinski definition) is 1. The average Bonchev–Trinajstić information content (AvgIpc) is 3.36. The molecule has 2 saturated heterocycles. The van der Waals surface area contributed by atoms with Crippen molar-refractivity contribution in [2.45, 2.75) is 19.0 Å². The predicted molar refractivity (Wildman–Crippen MR) is 124 cm³/mol. The third-order valence-corrected chi connectivity index (χ3v) is 6.62. The second kappa shape index (κ2) is 8.73. The first-order chi connectivity index (χ1) is 16.4. The molecular weight excluding hydrogens is 439 g/mol. The van der Waals surface area contributed by atoms with Crippen molar-refractivity contribution in [1.29, 1.82) is 0 Å². The molecule has 3 aromatic rings. The number of nitrogens with one attached hydrogen (secondary N) is 1. The molecule has 2 aliphatic rings. The van der Waals surface area contributed by atoms with Gasteiger partial charge < -0.3 is 14.5 Å². The monoisotopic (exact) mass is 466 g/mol. The molecule has 0 bridgehead atoms. The SMILES string of the molecule is COc1ccc(CN2CCN(CN3C(=O)N[C@](C)(c4cc5ccccc5o4)C3=O)CC2)cc1F. The fourth-order valence-electron chi connectivity index (χ4n) is 4.58. The molecule has 3 amide bonds. The van der Waals surface area contributed by atoms with Crippen LogP contribution in [0.15, 0.2) is 52.9 Å². The lowest BCUT2D eigenvalue weighted by molar-refractivity contribution is -0.133. The molecule has 1 aromatic heterocycles. The van der Waals surface area contributed by atoms with Crippen molar-refractivity contribution in [2.24, 2.45) is 0 Å². The number of para-hydroxylation sites is 1. The van der Waals surface area contributed by atoms with Gasteiger partial charge in [-0.3, -0.25) is 14.6 Å². The second-order valence-corrected chi connectivity index (χ2v) is 8.94. The number of carbonyl (C=O) groups excluding carboxylic acids is 2. The van der Waals surface area contributed by atoms with Crippen LogP contribution in [0.1, 0.15) is 18.2 Å². The maximum Gasteiger partial charge on any atom is 0.326 e. The number of amides is 3. The molecule has 5 rings (SSSR count). The lowest BCUT2D eigenvalue weighted by Crippen LogP contribution is -2.51. The van der Waals surface area contributed by atoms with Crippen LogP contribution >= 0.6 is 0 Å². The fourth-order valence-corrected chi connectivity index (χ4v) is 4.58. The number of fused-ring (bicyclic) bond motifs is 1. The summed E-state index contributed by atoms with van der Waals surface area (Å²) in [5.41, 5.74) is 0.311. The summed E-state index contributed by atoms with van der Waals surface area (Å²) in [4.78, 5) is 31.6.